The molecule has 0 aromatic heterocycles. The lowest BCUT2D eigenvalue weighted by Crippen LogP contribution is -2.26. The number of hydrogen-bond donors (Lipinski definition) is 1. The first kappa shape index (κ1) is 16.4. The second-order valence-electron chi connectivity index (χ2n) is 4.63. The molecule has 1 aromatic carbocycles. The van der Waals surface area contributed by atoms with Crippen LogP contribution < -0.4 is 5.14 Å². The third-order valence-electron chi connectivity index (χ3n) is 2.70. The van der Waals surface area contributed by atoms with Gasteiger partial charge in [-0.15, -0.1) is 0 Å². The number of primary sulfonamides is 1. The first-order chi connectivity index (χ1) is 8.90. The second-order valence-corrected chi connectivity index (χ2v) is 6.72. The SMILES string of the molecule is CCCC(COCc1ccc(Cl)cc1)CS(N)(=O)=O. The Labute approximate surface area is 120 Å². The van der Waals surface area contributed by atoms with E-state index in [0.29, 0.717) is 18.2 Å². The van der Waals surface area contributed by atoms with Gasteiger partial charge in [0.25, 0.3) is 0 Å². The molecule has 0 fully saturated rings. The van der Waals surface area contributed by atoms with Crippen molar-refractivity contribution >= 4 is 21.6 Å². The molecule has 0 radical (unpaired) electrons. The van der Waals surface area contributed by atoms with Crippen molar-refractivity contribution in [2.24, 2.45) is 11.1 Å². The van der Waals surface area contributed by atoms with Gasteiger partial charge in [-0.25, -0.2) is 13.6 Å². The Kier molecular flexibility index (Phi) is 6.79. The molecule has 108 valence electrons. The van der Waals surface area contributed by atoms with E-state index in [-0.39, 0.29) is 11.7 Å². The minimum Gasteiger partial charge on any atom is -0.376 e. The summed E-state index contributed by atoms with van der Waals surface area (Å²) in [7, 11) is -3.44. The third kappa shape index (κ3) is 7.52. The number of rotatable bonds is 8. The quantitative estimate of drug-likeness (QED) is 0.802. The van der Waals surface area contributed by atoms with E-state index >= 15 is 0 Å². The zero-order valence-electron chi connectivity index (χ0n) is 11.0. The largest absolute Gasteiger partial charge is 0.376 e. The first-order valence-corrected chi connectivity index (χ1v) is 8.32. The fourth-order valence-corrected chi connectivity index (χ4v) is 2.92. The van der Waals surface area contributed by atoms with Gasteiger partial charge in [0.2, 0.25) is 10.0 Å². The molecule has 1 unspecified atom stereocenters. The number of nitrogens with two attached hydrogens (primary N) is 1. The number of ether oxygens (including phenoxy) is 1. The second kappa shape index (κ2) is 7.85. The van der Waals surface area contributed by atoms with Gasteiger partial charge in [-0.1, -0.05) is 37.1 Å². The van der Waals surface area contributed by atoms with Crippen LogP contribution in [0, 0.1) is 5.92 Å². The van der Waals surface area contributed by atoms with Gasteiger partial charge in [-0.2, -0.15) is 0 Å². The van der Waals surface area contributed by atoms with Crippen LogP contribution in [0.3, 0.4) is 0 Å². The number of hydrogen-bond acceptors (Lipinski definition) is 3. The summed E-state index contributed by atoms with van der Waals surface area (Å²) in [5.74, 6) is -0.0751. The van der Waals surface area contributed by atoms with Crippen molar-refractivity contribution < 1.29 is 13.2 Å². The minimum atomic E-state index is -3.44. The number of sulfonamides is 1. The summed E-state index contributed by atoms with van der Waals surface area (Å²) in [6.07, 6.45) is 1.70. The highest BCUT2D eigenvalue weighted by Gasteiger charge is 2.15. The van der Waals surface area contributed by atoms with Gasteiger partial charge in [-0.3, -0.25) is 0 Å². The highest BCUT2D eigenvalue weighted by Crippen LogP contribution is 2.13. The normalized spacial score (nSPS) is 13.4. The summed E-state index contributed by atoms with van der Waals surface area (Å²) >= 11 is 5.79. The topological polar surface area (TPSA) is 69.4 Å². The van der Waals surface area contributed by atoms with Crippen molar-refractivity contribution in [3.05, 3.63) is 34.9 Å². The number of benzene rings is 1. The maximum Gasteiger partial charge on any atom is 0.209 e. The molecule has 0 aliphatic heterocycles. The predicted molar refractivity (Wildman–Crippen MR) is 77.5 cm³/mol. The molecular formula is C13H20ClNO3S. The lowest BCUT2D eigenvalue weighted by Gasteiger charge is -2.15. The van der Waals surface area contributed by atoms with E-state index in [9.17, 15) is 8.42 Å². The van der Waals surface area contributed by atoms with Crippen molar-refractivity contribution in [3.63, 3.8) is 0 Å². The summed E-state index contributed by atoms with van der Waals surface area (Å²) in [6, 6.07) is 7.37. The molecule has 1 atom stereocenters. The molecule has 19 heavy (non-hydrogen) atoms. The zero-order valence-corrected chi connectivity index (χ0v) is 12.6. The van der Waals surface area contributed by atoms with Crippen molar-refractivity contribution in [2.75, 3.05) is 12.4 Å². The van der Waals surface area contributed by atoms with Crippen LogP contribution in [0.25, 0.3) is 0 Å². The van der Waals surface area contributed by atoms with E-state index in [1.807, 2.05) is 19.1 Å². The Balaban J connectivity index is 2.41. The molecule has 0 saturated heterocycles. The Hall–Kier alpha value is -0.620. The fraction of sp³-hybridized carbons (Fsp3) is 0.538. The average Bonchev–Trinajstić information content (AvgIpc) is 2.30. The summed E-state index contributed by atoms with van der Waals surface area (Å²) in [6.45, 7) is 2.85. The molecule has 0 amide bonds. The molecule has 2 N–H and O–H groups in total. The van der Waals surface area contributed by atoms with Crippen LogP contribution in [0.5, 0.6) is 0 Å². The van der Waals surface area contributed by atoms with Gasteiger partial charge in [-0.05, 0) is 30.0 Å². The van der Waals surface area contributed by atoms with Crippen LogP contribution in [0.1, 0.15) is 25.3 Å². The predicted octanol–water partition coefficient (Wildman–Crippen LogP) is 2.56. The summed E-state index contributed by atoms with van der Waals surface area (Å²) in [4.78, 5) is 0. The average molecular weight is 306 g/mol. The zero-order chi connectivity index (χ0) is 14.3. The molecule has 4 nitrogen and oxygen atoms in total. The Morgan fingerprint density at radius 1 is 1.32 bits per heavy atom. The van der Waals surface area contributed by atoms with E-state index in [4.69, 9.17) is 21.5 Å². The highest BCUT2D eigenvalue weighted by atomic mass is 35.5. The number of halogens is 1. The monoisotopic (exact) mass is 305 g/mol. The fourth-order valence-electron chi connectivity index (χ4n) is 1.88. The van der Waals surface area contributed by atoms with E-state index in [0.717, 1.165) is 18.4 Å². The van der Waals surface area contributed by atoms with Gasteiger partial charge >= 0.3 is 0 Å². The first-order valence-electron chi connectivity index (χ1n) is 6.23. The van der Waals surface area contributed by atoms with Crippen LogP contribution in [0.4, 0.5) is 0 Å². The lowest BCUT2D eigenvalue weighted by molar-refractivity contribution is 0.0901. The van der Waals surface area contributed by atoms with Crippen LogP contribution in [-0.4, -0.2) is 20.8 Å². The lowest BCUT2D eigenvalue weighted by atomic mass is 10.1. The summed E-state index contributed by atoms with van der Waals surface area (Å²) in [5, 5.41) is 5.75. The standard InChI is InChI=1S/C13H20ClNO3S/c1-2-3-12(10-19(15,16)17)9-18-8-11-4-6-13(14)7-5-11/h4-7,12H,2-3,8-10H2,1H3,(H2,15,16,17). The molecular weight excluding hydrogens is 286 g/mol. The molecule has 0 saturated carbocycles. The third-order valence-corrected chi connectivity index (χ3v) is 3.89. The van der Waals surface area contributed by atoms with Crippen LogP contribution in [-0.2, 0) is 21.4 Å². The smallest absolute Gasteiger partial charge is 0.209 e. The van der Waals surface area contributed by atoms with Crippen LogP contribution in [0.15, 0.2) is 24.3 Å². The molecule has 0 heterocycles. The maximum atomic E-state index is 11.1. The molecule has 0 aliphatic carbocycles. The van der Waals surface area contributed by atoms with Crippen LogP contribution >= 0.6 is 11.6 Å². The van der Waals surface area contributed by atoms with E-state index < -0.39 is 10.0 Å². The van der Waals surface area contributed by atoms with Gasteiger partial charge in [0.15, 0.2) is 0 Å². The van der Waals surface area contributed by atoms with Gasteiger partial charge in [0.05, 0.1) is 19.0 Å². The van der Waals surface area contributed by atoms with Gasteiger partial charge < -0.3 is 4.74 Å². The summed E-state index contributed by atoms with van der Waals surface area (Å²) in [5.41, 5.74) is 1.01. The van der Waals surface area contributed by atoms with Gasteiger partial charge in [0.1, 0.15) is 0 Å². The Morgan fingerprint density at radius 3 is 2.47 bits per heavy atom. The Bertz CT molecular complexity index is 473. The van der Waals surface area contributed by atoms with E-state index in [1.54, 1.807) is 12.1 Å². The summed E-state index contributed by atoms with van der Waals surface area (Å²) < 4.78 is 27.7. The molecule has 0 bridgehead atoms. The Morgan fingerprint density at radius 2 is 1.95 bits per heavy atom. The maximum absolute atomic E-state index is 11.1. The van der Waals surface area contributed by atoms with Crippen LogP contribution in [0.2, 0.25) is 5.02 Å². The van der Waals surface area contributed by atoms with Crippen molar-refractivity contribution in [1.82, 2.24) is 0 Å². The van der Waals surface area contributed by atoms with Crippen molar-refractivity contribution in [1.29, 1.82) is 0 Å². The van der Waals surface area contributed by atoms with E-state index in [1.165, 1.54) is 0 Å². The molecule has 1 aromatic rings. The highest BCUT2D eigenvalue weighted by molar-refractivity contribution is 7.89. The van der Waals surface area contributed by atoms with Gasteiger partial charge in [0, 0.05) is 5.02 Å². The van der Waals surface area contributed by atoms with Crippen molar-refractivity contribution in [2.45, 2.75) is 26.4 Å². The molecule has 0 spiro atoms. The molecule has 6 heteroatoms. The molecule has 0 aliphatic rings. The molecule has 1 rings (SSSR count). The van der Waals surface area contributed by atoms with E-state index in [2.05, 4.69) is 0 Å². The minimum absolute atomic E-state index is 0.0263. The van der Waals surface area contributed by atoms with Crippen molar-refractivity contribution in [3.8, 4) is 0 Å².